The van der Waals surface area contributed by atoms with E-state index in [0.29, 0.717) is 11.8 Å². The lowest BCUT2D eigenvalue weighted by atomic mass is 9.99. The van der Waals surface area contributed by atoms with Crippen LogP contribution in [0.3, 0.4) is 0 Å². The number of H-pyrrole nitrogens is 1. The van der Waals surface area contributed by atoms with E-state index in [9.17, 15) is 26.7 Å². The smallest absolute Gasteiger partial charge is 0.419 e. The highest BCUT2D eigenvalue weighted by Crippen LogP contribution is 2.39. The fourth-order valence-corrected chi connectivity index (χ4v) is 2.22. The highest BCUT2D eigenvalue weighted by molar-refractivity contribution is 5.72. The van der Waals surface area contributed by atoms with E-state index in [4.69, 9.17) is 5.26 Å². The molecule has 0 unspecified atom stereocenters. The van der Waals surface area contributed by atoms with Gasteiger partial charge in [0, 0.05) is 11.3 Å². The minimum absolute atomic E-state index is 0.0722. The van der Waals surface area contributed by atoms with Crippen molar-refractivity contribution in [3.63, 3.8) is 0 Å². The molecule has 2 aromatic rings. The maximum absolute atomic E-state index is 13.0. The van der Waals surface area contributed by atoms with Crippen LogP contribution in [-0.2, 0) is 6.18 Å². The number of aromatic nitrogens is 1. The molecule has 0 radical (unpaired) electrons. The summed E-state index contributed by atoms with van der Waals surface area (Å²) in [5, 5.41) is 9.10. The van der Waals surface area contributed by atoms with Crippen LogP contribution in [0, 0.1) is 18.3 Å². The van der Waals surface area contributed by atoms with Gasteiger partial charge in [-0.05, 0) is 30.7 Å². The molecular weight excluding hydrogens is 347 g/mol. The van der Waals surface area contributed by atoms with Gasteiger partial charge in [-0.25, -0.2) is 8.78 Å². The molecule has 1 N–H and O–H groups in total. The number of hydrogen-bond acceptors (Lipinski definition) is 3. The first kappa shape index (κ1) is 18.4. The maximum atomic E-state index is 13.0. The normalized spacial score (nSPS) is 11.4. The predicted molar refractivity (Wildman–Crippen MR) is 78.5 cm³/mol. The number of nitriles is 1. The van der Waals surface area contributed by atoms with Crippen molar-refractivity contribution in [2.45, 2.75) is 19.5 Å². The van der Waals surface area contributed by atoms with Crippen LogP contribution in [0.5, 0.6) is 5.75 Å². The van der Waals surface area contributed by atoms with Gasteiger partial charge in [-0.3, -0.25) is 4.79 Å². The summed E-state index contributed by atoms with van der Waals surface area (Å²) in [4.78, 5) is 14.2. The van der Waals surface area contributed by atoms with Gasteiger partial charge in [0.25, 0.3) is 12.0 Å². The van der Waals surface area contributed by atoms with Crippen molar-refractivity contribution in [2.24, 2.45) is 0 Å². The first-order valence-corrected chi connectivity index (χ1v) is 6.90. The van der Waals surface area contributed by atoms with Gasteiger partial charge in [0.05, 0.1) is 5.56 Å². The van der Waals surface area contributed by atoms with Crippen molar-refractivity contribution in [3.8, 4) is 22.9 Å². The van der Waals surface area contributed by atoms with Gasteiger partial charge in [0.1, 0.15) is 24.0 Å². The lowest BCUT2D eigenvalue weighted by Crippen LogP contribution is -2.14. The van der Waals surface area contributed by atoms with Gasteiger partial charge in [-0.2, -0.15) is 18.4 Å². The molecule has 0 spiro atoms. The number of aryl methyl sites for hydroxylation is 1. The van der Waals surface area contributed by atoms with E-state index in [1.165, 1.54) is 13.0 Å². The van der Waals surface area contributed by atoms with E-state index in [1.54, 1.807) is 6.07 Å². The molecular formula is C16H11F5N2O2. The lowest BCUT2D eigenvalue weighted by Gasteiger charge is -2.15. The topological polar surface area (TPSA) is 65.9 Å². The van der Waals surface area contributed by atoms with Crippen molar-refractivity contribution in [1.29, 1.82) is 5.26 Å². The Balaban J connectivity index is 2.63. The number of nitrogens with one attached hydrogen (secondary N) is 1. The molecule has 0 amide bonds. The van der Waals surface area contributed by atoms with Crippen LogP contribution >= 0.6 is 0 Å². The van der Waals surface area contributed by atoms with Crippen LogP contribution in [0.15, 0.2) is 29.1 Å². The highest BCUT2D eigenvalue weighted by Gasteiger charge is 2.35. The van der Waals surface area contributed by atoms with E-state index >= 15 is 0 Å². The Bertz CT molecular complexity index is 882. The van der Waals surface area contributed by atoms with E-state index < -0.39 is 36.1 Å². The Morgan fingerprint density at radius 2 is 1.96 bits per heavy atom. The molecule has 1 aromatic carbocycles. The second kappa shape index (κ2) is 6.93. The first-order valence-electron chi connectivity index (χ1n) is 6.90. The molecule has 0 saturated carbocycles. The summed E-state index contributed by atoms with van der Waals surface area (Å²) < 4.78 is 68.2. The van der Waals surface area contributed by atoms with E-state index in [1.807, 2.05) is 0 Å². The molecule has 0 aliphatic heterocycles. The Labute approximate surface area is 138 Å². The molecule has 2 rings (SSSR count). The molecule has 0 atom stereocenters. The van der Waals surface area contributed by atoms with Gasteiger partial charge < -0.3 is 9.72 Å². The average Bonchev–Trinajstić information content (AvgIpc) is 2.51. The van der Waals surface area contributed by atoms with Gasteiger partial charge in [-0.15, -0.1) is 0 Å². The largest absolute Gasteiger partial charge is 0.487 e. The molecule has 1 aromatic heterocycles. The Kier molecular flexibility index (Phi) is 5.11. The molecule has 25 heavy (non-hydrogen) atoms. The number of pyridine rings is 1. The van der Waals surface area contributed by atoms with Crippen molar-refractivity contribution in [1.82, 2.24) is 4.98 Å². The zero-order valence-electron chi connectivity index (χ0n) is 12.7. The number of nitrogens with zero attached hydrogens (tertiary/aromatic N) is 1. The minimum Gasteiger partial charge on any atom is -0.487 e. The minimum atomic E-state index is -4.81. The van der Waals surface area contributed by atoms with Gasteiger partial charge in [0.15, 0.2) is 0 Å². The molecule has 0 aliphatic rings. The molecule has 4 nitrogen and oxygen atoms in total. The summed E-state index contributed by atoms with van der Waals surface area (Å²) in [7, 11) is 0. The molecule has 0 fully saturated rings. The second-order valence-corrected chi connectivity index (χ2v) is 5.09. The summed E-state index contributed by atoms with van der Waals surface area (Å²) >= 11 is 0. The van der Waals surface area contributed by atoms with Crippen LogP contribution in [0.2, 0.25) is 0 Å². The quantitative estimate of drug-likeness (QED) is 0.844. The van der Waals surface area contributed by atoms with Crippen molar-refractivity contribution in [2.75, 3.05) is 6.61 Å². The van der Waals surface area contributed by atoms with Gasteiger partial charge in [-0.1, -0.05) is 6.07 Å². The zero-order valence-corrected chi connectivity index (χ0v) is 12.7. The number of rotatable bonds is 4. The third kappa shape index (κ3) is 4.15. The predicted octanol–water partition coefficient (Wildman–Crippen LogP) is 3.88. The summed E-state index contributed by atoms with van der Waals surface area (Å²) in [5.74, 6) is -0.799. The summed E-state index contributed by atoms with van der Waals surface area (Å²) in [6.45, 7) is 0.316. The monoisotopic (exact) mass is 358 g/mol. The molecule has 9 heteroatoms. The fraction of sp³-hybridized carbons (Fsp3) is 0.250. The number of benzene rings is 1. The van der Waals surface area contributed by atoms with Gasteiger partial charge >= 0.3 is 6.18 Å². The SMILES string of the molecule is Cc1cc(-c2ccc(C(F)(F)F)c(OCC(F)F)c2)c(C#N)c(=O)[nH]1. The van der Waals surface area contributed by atoms with Crippen LogP contribution < -0.4 is 10.3 Å². The maximum Gasteiger partial charge on any atom is 0.419 e. The molecule has 0 aliphatic carbocycles. The fourth-order valence-electron chi connectivity index (χ4n) is 2.22. The van der Waals surface area contributed by atoms with Crippen LogP contribution in [0.1, 0.15) is 16.8 Å². The second-order valence-electron chi connectivity index (χ2n) is 5.09. The molecule has 0 saturated heterocycles. The number of alkyl halides is 5. The van der Waals surface area contributed by atoms with E-state index in [0.717, 1.165) is 12.1 Å². The number of aromatic amines is 1. The zero-order chi connectivity index (χ0) is 18.8. The number of ether oxygens (including phenoxy) is 1. The molecule has 0 bridgehead atoms. The van der Waals surface area contributed by atoms with Gasteiger partial charge in [0.2, 0.25) is 0 Å². The standard InChI is InChI=1S/C16H11F5N2O2/c1-8-4-10(11(6-22)15(24)23-8)9-2-3-12(16(19,20)21)13(5-9)25-7-14(17)18/h2-5,14H,7H2,1H3,(H,23,24). The van der Waals surface area contributed by atoms with E-state index in [2.05, 4.69) is 9.72 Å². The first-order chi connectivity index (χ1) is 11.6. The summed E-state index contributed by atoms with van der Waals surface area (Å²) in [5.41, 5.74) is -1.69. The molecule has 1 heterocycles. The van der Waals surface area contributed by atoms with Crippen LogP contribution in [0.4, 0.5) is 22.0 Å². The van der Waals surface area contributed by atoms with Crippen molar-refractivity contribution < 1.29 is 26.7 Å². The van der Waals surface area contributed by atoms with Crippen LogP contribution in [0.25, 0.3) is 11.1 Å². The summed E-state index contributed by atoms with van der Waals surface area (Å²) in [6.07, 6.45) is -7.76. The lowest BCUT2D eigenvalue weighted by molar-refractivity contribution is -0.139. The number of hydrogen-bond donors (Lipinski definition) is 1. The average molecular weight is 358 g/mol. The van der Waals surface area contributed by atoms with Crippen molar-refractivity contribution in [3.05, 3.63) is 51.4 Å². The van der Waals surface area contributed by atoms with E-state index in [-0.39, 0.29) is 16.7 Å². The Morgan fingerprint density at radius 3 is 2.52 bits per heavy atom. The highest BCUT2D eigenvalue weighted by atomic mass is 19.4. The van der Waals surface area contributed by atoms with Crippen molar-refractivity contribution >= 4 is 0 Å². The third-order valence-corrected chi connectivity index (χ3v) is 3.24. The number of halogens is 5. The molecule has 132 valence electrons. The van der Waals surface area contributed by atoms with Crippen LogP contribution in [-0.4, -0.2) is 18.0 Å². The Hall–Kier alpha value is -2.89. The third-order valence-electron chi connectivity index (χ3n) is 3.24. The Morgan fingerprint density at radius 1 is 1.28 bits per heavy atom. The summed E-state index contributed by atoms with van der Waals surface area (Å²) in [6, 6.07) is 5.68.